The van der Waals surface area contributed by atoms with Crippen LogP contribution in [0.1, 0.15) is 4.88 Å². The number of aliphatic carboxylic acids is 1. The van der Waals surface area contributed by atoms with Gasteiger partial charge in [-0.1, -0.05) is 12.1 Å². The lowest BCUT2D eigenvalue weighted by Gasteiger charge is -1.89. The molecule has 4 nitrogen and oxygen atoms in total. The number of carboxylic acids is 1. The maximum absolute atomic E-state index is 10.6. The number of aromatic nitrogens is 2. The number of rotatable bonds is 2. The summed E-state index contributed by atoms with van der Waals surface area (Å²) in [5.74, 6) is -0.811. The third kappa shape index (κ3) is 1.37. The molecule has 0 fully saturated rings. The average Bonchev–Trinajstić information content (AvgIpc) is 2.73. The first-order valence-corrected chi connectivity index (χ1v) is 5.63. The molecule has 0 saturated heterocycles. The van der Waals surface area contributed by atoms with Gasteiger partial charge in [0.15, 0.2) is 4.96 Å². The van der Waals surface area contributed by atoms with Gasteiger partial charge in [0.2, 0.25) is 0 Å². The highest BCUT2D eigenvalue weighted by molar-refractivity contribution is 7.17. The highest BCUT2D eigenvalue weighted by atomic mass is 32.1. The zero-order chi connectivity index (χ0) is 11.1. The van der Waals surface area contributed by atoms with Crippen molar-refractivity contribution in [3.05, 3.63) is 35.3 Å². The molecular weight excluding hydrogens is 224 g/mol. The minimum Gasteiger partial charge on any atom is -0.481 e. The second-order valence-corrected chi connectivity index (χ2v) is 4.61. The van der Waals surface area contributed by atoms with Crippen LogP contribution < -0.4 is 0 Å². The van der Waals surface area contributed by atoms with E-state index in [1.807, 2.05) is 34.9 Å². The largest absolute Gasteiger partial charge is 0.481 e. The van der Waals surface area contributed by atoms with Crippen molar-refractivity contribution in [1.82, 2.24) is 9.38 Å². The van der Waals surface area contributed by atoms with E-state index in [1.165, 1.54) is 11.3 Å². The van der Waals surface area contributed by atoms with Gasteiger partial charge < -0.3 is 5.11 Å². The standard InChI is InChI=1S/C11H8N2O2S/c14-10(15)5-7-6-13-9-4-2-1-3-8(9)12-11(13)16-7/h1-4,6H,5H2,(H,14,15). The lowest BCUT2D eigenvalue weighted by atomic mass is 10.3. The molecule has 1 aromatic carbocycles. The molecule has 2 heterocycles. The van der Waals surface area contributed by atoms with Crippen LogP contribution >= 0.6 is 11.3 Å². The van der Waals surface area contributed by atoms with Gasteiger partial charge in [0.25, 0.3) is 0 Å². The van der Waals surface area contributed by atoms with E-state index in [0.29, 0.717) is 0 Å². The molecular formula is C11H8N2O2S. The van der Waals surface area contributed by atoms with Crippen molar-refractivity contribution < 1.29 is 9.90 Å². The molecule has 0 bridgehead atoms. The molecule has 0 aliphatic heterocycles. The summed E-state index contributed by atoms with van der Waals surface area (Å²) in [5, 5.41) is 8.72. The topological polar surface area (TPSA) is 54.6 Å². The van der Waals surface area contributed by atoms with Crippen molar-refractivity contribution in [1.29, 1.82) is 0 Å². The van der Waals surface area contributed by atoms with Crippen molar-refractivity contribution >= 4 is 33.3 Å². The number of para-hydroxylation sites is 2. The van der Waals surface area contributed by atoms with Gasteiger partial charge >= 0.3 is 5.97 Å². The Hall–Kier alpha value is -1.88. The lowest BCUT2D eigenvalue weighted by molar-refractivity contribution is -0.136. The second-order valence-electron chi connectivity index (χ2n) is 3.52. The summed E-state index contributed by atoms with van der Waals surface area (Å²) in [6, 6.07) is 7.82. The fourth-order valence-corrected chi connectivity index (χ4v) is 2.72. The van der Waals surface area contributed by atoms with Crippen LogP contribution in [0.5, 0.6) is 0 Å². The van der Waals surface area contributed by atoms with Gasteiger partial charge in [0.1, 0.15) is 0 Å². The molecule has 0 radical (unpaired) electrons. The van der Waals surface area contributed by atoms with E-state index >= 15 is 0 Å². The number of benzene rings is 1. The van der Waals surface area contributed by atoms with Crippen LogP contribution in [0, 0.1) is 0 Å². The monoisotopic (exact) mass is 232 g/mol. The maximum atomic E-state index is 10.6. The predicted molar refractivity (Wildman–Crippen MR) is 61.9 cm³/mol. The van der Waals surface area contributed by atoms with Crippen molar-refractivity contribution in [3.63, 3.8) is 0 Å². The number of hydrogen-bond acceptors (Lipinski definition) is 3. The summed E-state index contributed by atoms with van der Waals surface area (Å²) in [6.07, 6.45) is 1.91. The van der Waals surface area contributed by atoms with Gasteiger partial charge in [0.05, 0.1) is 17.5 Å². The summed E-state index contributed by atoms with van der Waals surface area (Å²) in [6.45, 7) is 0. The van der Waals surface area contributed by atoms with E-state index in [4.69, 9.17) is 5.11 Å². The Morgan fingerprint density at radius 1 is 1.44 bits per heavy atom. The SMILES string of the molecule is O=C(O)Cc1cn2c(nc3ccccc32)s1. The molecule has 0 aliphatic rings. The maximum Gasteiger partial charge on any atom is 0.308 e. The first kappa shape index (κ1) is 9.35. The molecule has 0 saturated carbocycles. The lowest BCUT2D eigenvalue weighted by Crippen LogP contribution is -1.97. The molecule has 0 unspecified atom stereocenters. The minimum atomic E-state index is -0.811. The first-order chi connectivity index (χ1) is 7.74. The van der Waals surface area contributed by atoms with Crippen LogP contribution in [-0.2, 0) is 11.2 Å². The Balaban J connectivity index is 2.22. The Morgan fingerprint density at radius 2 is 2.25 bits per heavy atom. The summed E-state index contributed by atoms with van der Waals surface area (Å²) in [4.78, 5) is 16.7. The van der Waals surface area contributed by atoms with Gasteiger partial charge in [0, 0.05) is 11.1 Å². The molecule has 0 aliphatic carbocycles. The fraction of sp³-hybridized carbons (Fsp3) is 0.0909. The Bertz CT molecular complexity index is 683. The van der Waals surface area contributed by atoms with Crippen LogP contribution in [0.2, 0.25) is 0 Å². The molecule has 0 amide bonds. The van der Waals surface area contributed by atoms with Gasteiger partial charge in [-0.3, -0.25) is 9.20 Å². The number of hydrogen-bond donors (Lipinski definition) is 1. The summed E-state index contributed by atoms with van der Waals surface area (Å²) in [7, 11) is 0. The highest BCUT2D eigenvalue weighted by Crippen LogP contribution is 2.23. The number of carbonyl (C=O) groups is 1. The molecule has 3 rings (SSSR count). The average molecular weight is 232 g/mol. The number of imidazole rings is 1. The Kier molecular flexibility index (Phi) is 1.94. The molecule has 0 spiro atoms. The van der Waals surface area contributed by atoms with E-state index in [0.717, 1.165) is 20.9 Å². The molecule has 0 atom stereocenters. The number of nitrogens with zero attached hydrogens (tertiary/aromatic N) is 2. The number of fused-ring (bicyclic) bond motifs is 3. The second kappa shape index (κ2) is 3.31. The Labute approximate surface area is 94.8 Å². The van der Waals surface area contributed by atoms with Gasteiger partial charge in [-0.25, -0.2) is 4.98 Å². The first-order valence-electron chi connectivity index (χ1n) is 4.81. The smallest absolute Gasteiger partial charge is 0.308 e. The summed E-state index contributed by atoms with van der Waals surface area (Å²) in [5.41, 5.74) is 1.96. The fourth-order valence-electron chi connectivity index (χ4n) is 1.74. The molecule has 16 heavy (non-hydrogen) atoms. The Morgan fingerprint density at radius 3 is 3.06 bits per heavy atom. The normalized spacial score (nSPS) is 11.2. The van der Waals surface area contributed by atoms with Gasteiger partial charge in [-0.05, 0) is 12.1 Å². The van der Waals surface area contributed by atoms with E-state index < -0.39 is 5.97 Å². The van der Waals surface area contributed by atoms with Crippen molar-refractivity contribution in [2.45, 2.75) is 6.42 Å². The molecule has 80 valence electrons. The van der Waals surface area contributed by atoms with Crippen LogP contribution in [0.3, 0.4) is 0 Å². The molecule has 5 heteroatoms. The van der Waals surface area contributed by atoms with Crippen molar-refractivity contribution in [2.75, 3.05) is 0 Å². The summed E-state index contributed by atoms with van der Waals surface area (Å²) >= 11 is 1.42. The summed E-state index contributed by atoms with van der Waals surface area (Å²) < 4.78 is 1.94. The molecule has 2 aromatic heterocycles. The third-order valence-electron chi connectivity index (χ3n) is 2.38. The number of carboxylic acid groups (broad SMARTS) is 1. The van der Waals surface area contributed by atoms with E-state index in [9.17, 15) is 4.79 Å². The highest BCUT2D eigenvalue weighted by Gasteiger charge is 2.09. The predicted octanol–water partition coefficient (Wildman–Crippen LogP) is 2.18. The van der Waals surface area contributed by atoms with Crippen LogP contribution in [0.15, 0.2) is 30.5 Å². The van der Waals surface area contributed by atoms with Crippen LogP contribution in [0.4, 0.5) is 0 Å². The molecule has 1 N–H and O–H groups in total. The quantitative estimate of drug-likeness (QED) is 0.736. The van der Waals surface area contributed by atoms with E-state index in [2.05, 4.69) is 4.98 Å². The van der Waals surface area contributed by atoms with E-state index in [-0.39, 0.29) is 6.42 Å². The zero-order valence-electron chi connectivity index (χ0n) is 8.25. The minimum absolute atomic E-state index is 0.0579. The third-order valence-corrected chi connectivity index (χ3v) is 3.37. The van der Waals surface area contributed by atoms with Crippen molar-refractivity contribution in [2.24, 2.45) is 0 Å². The molecule has 3 aromatic rings. The van der Waals surface area contributed by atoms with E-state index in [1.54, 1.807) is 0 Å². The van der Waals surface area contributed by atoms with Crippen molar-refractivity contribution in [3.8, 4) is 0 Å². The number of thiazole rings is 1. The van der Waals surface area contributed by atoms with Gasteiger partial charge in [-0.2, -0.15) is 0 Å². The zero-order valence-corrected chi connectivity index (χ0v) is 9.07. The van der Waals surface area contributed by atoms with Gasteiger partial charge in [-0.15, -0.1) is 11.3 Å². The van der Waals surface area contributed by atoms with Crippen LogP contribution in [-0.4, -0.2) is 20.5 Å². The van der Waals surface area contributed by atoms with Crippen LogP contribution in [0.25, 0.3) is 16.0 Å².